The fraction of sp³-hybridized carbons (Fsp3) is 0.462. The van der Waals surface area contributed by atoms with Crippen LogP contribution in [0.3, 0.4) is 0 Å². The predicted octanol–water partition coefficient (Wildman–Crippen LogP) is 2.98. The smallest absolute Gasteiger partial charge is 0.250 e. The quantitative estimate of drug-likeness (QED) is 0.747. The van der Waals surface area contributed by atoms with Gasteiger partial charge in [-0.05, 0) is 39.9 Å². The number of nitrogens with two attached hydrogens (primary N) is 2. The van der Waals surface area contributed by atoms with Crippen molar-refractivity contribution in [2.75, 3.05) is 17.6 Å². The second-order valence-corrected chi connectivity index (χ2v) is 6.38. The third-order valence-electron chi connectivity index (χ3n) is 2.60. The monoisotopic (exact) mass is 313 g/mol. The third-order valence-corrected chi connectivity index (χ3v) is 3.25. The van der Waals surface area contributed by atoms with Crippen molar-refractivity contribution in [3.8, 4) is 0 Å². The molecule has 0 saturated heterocycles. The van der Waals surface area contributed by atoms with Gasteiger partial charge in [-0.15, -0.1) is 0 Å². The zero-order chi connectivity index (χ0) is 13.9. The molecule has 0 aromatic heterocycles. The number of carbonyl (C=O) groups excluding carboxylic acids is 1. The van der Waals surface area contributed by atoms with E-state index in [1.807, 2.05) is 0 Å². The number of rotatable bonds is 4. The van der Waals surface area contributed by atoms with Crippen molar-refractivity contribution in [2.24, 2.45) is 11.1 Å². The van der Waals surface area contributed by atoms with Gasteiger partial charge in [-0.25, -0.2) is 0 Å². The van der Waals surface area contributed by atoms with Gasteiger partial charge in [0.15, 0.2) is 0 Å². The van der Waals surface area contributed by atoms with Gasteiger partial charge in [0.05, 0.1) is 5.56 Å². The van der Waals surface area contributed by atoms with E-state index in [1.54, 1.807) is 12.1 Å². The molecule has 0 radical (unpaired) electrons. The van der Waals surface area contributed by atoms with Crippen LogP contribution in [0.1, 0.15) is 37.6 Å². The van der Waals surface area contributed by atoms with Gasteiger partial charge in [0.1, 0.15) is 0 Å². The Kier molecular flexibility index (Phi) is 4.62. The zero-order valence-corrected chi connectivity index (χ0v) is 12.6. The molecule has 0 heterocycles. The second kappa shape index (κ2) is 5.61. The highest BCUT2D eigenvalue weighted by molar-refractivity contribution is 9.10. The maximum Gasteiger partial charge on any atom is 0.250 e. The molecule has 0 fully saturated rings. The Balaban J connectivity index is 2.83. The Hall–Kier alpha value is -1.23. The van der Waals surface area contributed by atoms with Gasteiger partial charge in [0, 0.05) is 22.4 Å². The van der Waals surface area contributed by atoms with Crippen LogP contribution in [0.15, 0.2) is 16.6 Å². The fourth-order valence-electron chi connectivity index (χ4n) is 1.51. The number of nitrogen functional groups attached to an aromatic ring is 1. The molecule has 5 heteroatoms. The summed E-state index contributed by atoms with van der Waals surface area (Å²) in [6.45, 7) is 7.37. The van der Waals surface area contributed by atoms with E-state index in [1.165, 1.54) is 0 Å². The van der Waals surface area contributed by atoms with E-state index in [0.717, 1.165) is 23.1 Å². The summed E-state index contributed by atoms with van der Waals surface area (Å²) in [5, 5.41) is 3.28. The van der Waals surface area contributed by atoms with E-state index in [-0.39, 0.29) is 5.41 Å². The summed E-state index contributed by atoms with van der Waals surface area (Å²) in [6, 6.07) is 3.38. The maximum atomic E-state index is 11.2. The summed E-state index contributed by atoms with van der Waals surface area (Å²) in [4.78, 5) is 11.2. The molecule has 0 aliphatic rings. The van der Waals surface area contributed by atoms with Crippen LogP contribution in [0.2, 0.25) is 0 Å². The average Bonchev–Trinajstić information content (AvgIpc) is 2.18. The van der Waals surface area contributed by atoms with E-state index >= 15 is 0 Å². The van der Waals surface area contributed by atoms with Crippen LogP contribution < -0.4 is 16.8 Å². The van der Waals surface area contributed by atoms with Crippen molar-refractivity contribution in [2.45, 2.75) is 27.2 Å². The first-order chi connectivity index (χ1) is 8.20. The summed E-state index contributed by atoms with van der Waals surface area (Å²) in [5.41, 5.74) is 12.8. The lowest BCUT2D eigenvalue weighted by Crippen LogP contribution is -2.16. The average molecular weight is 314 g/mol. The highest BCUT2D eigenvalue weighted by Crippen LogP contribution is 2.28. The first-order valence-corrected chi connectivity index (χ1v) is 6.63. The number of nitrogens with one attached hydrogen (secondary N) is 1. The first-order valence-electron chi connectivity index (χ1n) is 5.83. The molecule has 0 unspecified atom stereocenters. The standard InChI is InChI=1S/C13H20BrN3O/c1-13(2,3)4-5-17-11-6-8(12(16)18)10(15)7-9(11)14/h6-7,17H,4-5,15H2,1-3H3,(H2,16,18). The summed E-state index contributed by atoms with van der Waals surface area (Å²) in [5.74, 6) is -0.515. The Morgan fingerprint density at radius 1 is 1.39 bits per heavy atom. The molecule has 0 atom stereocenters. The van der Waals surface area contributed by atoms with Crippen molar-refractivity contribution in [3.05, 3.63) is 22.2 Å². The minimum Gasteiger partial charge on any atom is -0.398 e. The number of hydrogen-bond donors (Lipinski definition) is 3. The van der Waals surface area contributed by atoms with Crippen molar-refractivity contribution in [1.82, 2.24) is 0 Å². The van der Waals surface area contributed by atoms with Crippen LogP contribution in [0.4, 0.5) is 11.4 Å². The molecule has 5 N–H and O–H groups in total. The van der Waals surface area contributed by atoms with E-state index in [2.05, 4.69) is 42.0 Å². The lowest BCUT2D eigenvalue weighted by atomic mass is 9.92. The van der Waals surface area contributed by atoms with Crippen LogP contribution in [-0.4, -0.2) is 12.5 Å². The normalized spacial score (nSPS) is 11.3. The lowest BCUT2D eigenvalue weighted by molar-refractivity contribution is 0.100. The van der Waals surface area contributed by atoms with Crippen LogP contribution >= 0.6 is 15.9 Å². The number of halogens is 1. The largest absolute Gasteiger partial charge is 0.398 e. The summed E-state index contributed by atoms with van der Waals surface area (Å²) in [7, 11) is 0. The molecule has 4 nitrogen and oxygen atoms in total. The van der Waals surface area contributed by atoms with E-state index < -0.39 is 5.91 Å². The van der Waals surface area contributed by atoms with Crippen LogP contribution in [-0.2, 0) is 0 Å². The molecule has 1 rings (SSSR count). The molecule has 0 saturated carbocycles. The van der Waals surface area contributed by atoms with Crippen LogP contribution in [0.5, 0.6) is 0 Å². The predicted molar refractivity (Wildman–Crippen MR) is 79.6 cm³/mol. The number of amides is 1. The van der Waals surface area contributed by atoms with Gasteiger partial charge in [-0.1, -0.05) is 20.8 Å². The van der Waals surface area contributed by atoms with Gasteiger partial charge < -0.3 is 16.8 Å². The van der Waals surface area contributed by atoms with Crippen molar-refractivity contribution < 1.29 is 4.79 Å². The molecule has 1 aromatic carbocycles. The van der Waals surface area contributed by atoms with Gasteiger partial charge in [-0.2, -0.15) is 0 Å². The number of primary amides is 1. The zero-order valence-electron chi connectivity index (χ0n) is 11.0. The summed E-state index contributed by atoms with van der Waals surface area (Å²) < 4.78 is 0.832. The van der Waals surface area contributed by atoms with Gasteiger partial charge >= 0.3 is 0 Å². The van der Waals surface area contributed by atoms with E-state index in [0.29, 0.717) is 11.3 Å². The Bertz CT molecular complexity index is 452. The molecule has 0 bridgehead atoms. The molecule has 1 aromatic rings. The van der Waals surface area contributed by atoms with Crippen LogP contribution in [0, 0.1) is 5.41 Å². The Morgan fingerprint density at radius 3 is 2.50 bits per heavy atom. The number of hydrogen-bond acceptors (Lipinski definition) is 3. The third kappa shape index (κ3) is 4.22. The van der Waals surface area contributed by atoms with Gasteiger partial charge in [0.25, 0.3) is 5.91 Å². The first kappa shape index (κ1) is 14.8. The topological polar surface area (TPSA) is 81.1 Å². The second-order valence-electron chi connectivity index (χ2n) is 5.52. The molecule has 100 valence electrons. The maximum absolute atomic E-state index is 11.2. The minimum absolute atomic E-state index is 0.264. The number of anilines is 2. The van der Waals surface area contributed by atoms with E-state index in [9.17, 15) is 4.79 Å². The molecular weight excluding hydrogens is 294 g/mol. The SMILES string of the molecule is CC(C)(C)CCNc1cc(C(N)=O)c(N)cc1Br. The Labute approximate surface area is 116 Å². The van der Waals surface area contributed by atoms with Crippen molar-refractivity contribution in [3.63, 3.8) is 0 Å². The van der Waals surface area contributed by atoms with E-state index in [4.69, 9.17) is 11.5 Å². The molecule has 1 amide bonds. The molecular formula is C13H20BrN3O. The molecule has 0 spiro atoms. The Morgan fingerprint density at radius 2 is 2.00 bits per heavy atom. The van der Waals surface area contributed by atoms with Gasteiger partial charge in [-0.3, -0.25) is 4.79 Å². The van der Waals surface area contributed by atoms with Crippen molar-refractivity contribution in [1.29, 1.82) is 0 Å². The molecule has 0 aliphatic carbocycles. The lowest BCUT2D eigenvalue weighted by Gasteiger charge is -2.19. The fourth-order valence-corrected chi connectivity index (χ4v) is 2.01. The molecule has 18 heavy (non-hydrogen) atoms. The highest BCUT2D eigenvalue weighted by atomic mass is 79.9. The van der Waals surface area contributed by atoms with Crippen molar-refractivity contribution >= 4 is 33.2 Å². The summed E-state index contributed by atoms with van der Waals surface area (Å²) in [6.07, 6.45) is 1.02. The number of benzene rings is 1. The van der Waals surface area contributed by atoms with Gasteiger partial charge in [0.2, 0.25) is 0 Å². The highest BCUT2D eigenvalue weighted by Gasteiger charge is 2.12. The number of carbonyl (C=O) groups is 1. The molecule has 0 aliphatic heterocycles. The van der Waals surface area contributed by atoms with Crippen LogP contribution in [0.25, 0.3) is 0 Å². The minimum atomic E-state index is -0.515. The summed E-state index contributed by atoms with van der Waals surface area (Å²) >= 11 is 3.42.